The zero-order chi connectivity index (χ0) is 12.3. The fourth-order valence-electron chi connectivity index (χ4n) is 1.44. The second-order valence-electron chi connectivity index (χ2n) is 4.02. The van der Waals surface area contributed by atoms with Crippen molar-refractivity contribution in [2.24, 2.45) is 0 Å². The third-order valence-corrected chi connectivity index (χ3v) is 2.88. The van der Waals surface area contributed by atoms with Crippen LogP contribution in [0.5, 0.6) is 0 Å². The molecule has 4 nitrogen and oxygen atoms in total. The molecule has 0 spiro atoms. The molecule has 1 rings (SSSR count). The molecule has 0 aromatic heterocycles. The lowest BCUT2D eigenvalue weighted by Gasteiger charge is -2.24. The van der Waals surface area contributed by atoms with Crippen molar-refractivity contribution in [1.29, 1.82) is 0 Å². The van der Waals surface area contributed by atoms with Gasteiger partial charge in [-0.15, -0.1) is 0 Å². The Morgan fingerprint density at radius 3 is 2.56 bits per heavy atom. The van der Waals surface area contributed by atoms with Gasteiger partial charge in [-0.05, 0) is 31.5 Å². The van der Waals surface area contributed by atoms with Crippen LogP contribution >= 0.6 is 0 Å². The van der Waals surface area contributed by atoms with Crippen molar-refractivity contribution in [2.45, 2.75) is 26.3 Å². The van der Waals surface area contributed by atoms with E-state index in [9.17, 15) is 4.79 Å². The van der Waals surface area contributed by atoms with Gasteiger partial charge in [0.2, 0.25) is 0 Å². The average molecular weight is 221 g/mol. The Balaban J connectivity index is 2.96. The fraction of sp³-hybridized carbons (Fsp3) is 0.417. The molecule has 1 unspecified atom stereocenters. The molecule has 16 heavy (non-hydrogen) atoms. The van der Waals surface area contributed by atoms with Gasteiger partial charge in [0.15, 0.2) is 0 Å². The quantitative estimate of drug-likeness (QED) is 0.763. The fourth-order valence-corrected chi connectivity index (χ4v) is 1.44. The standard InChI is InChI=1S/C12H19N3O/c1-4-8(2)15(3)12(16)10-6-5-9(13)7-11(10)14/h5-8H,4,13-14H2,1-3H3. The predicted molar refractivity (Wildman–Crippen MR) is 67.1 cm³/mol. The molecule has 1 aromatic rings. The molecule has 0 radical (unpaired) electrons. The lowest BCUT2D eigenvalue weighted by molar-refractivity contribution is 0.0741. The zero-order valence-corrected chi connectivity index (χ0v) is 10.0. The van der Waals surface area contributed by atoms with E-state index in [2.05, 4.69) is 0 Å². The highest BCUT2D eigenvalue weighted by atomic mass is 16.2. The first-order valence-electron chi connectivity index (χ1n) is 5.39. The summed E-state index contributed by atoms with van der Waals surface area (Å²) >= 11 is 0. The number of hydrogen-bond donors (Lipinski definition) is 2. The number of nitrogens with zero attached hydrogens (tertiary/aromatic N) is 1. The number of carbonyl (C=O) groups is 1. The molecule has 0 saturated carbocycles. The van der Waals surface area contributed by atoms with Crippen LogP contribution in [-0.4, -0.2) is 23.9 Å². The molecule has 0 aliphatic carbocycles. The number of anilines is 2. The molecular weight excluding hydrogens is 202 g/mol. The lowest BCUT2D eigenvalue weighted by atomic mass is 10.1. The maximum atomic E-state index is 12.1. The summed E-state index contributed by atoms with van der Waals surface area (Å²) in [5.74, 6) is -0.0631. The molecule has 1 aromatic carbocycles. The summed E-state index contributed by atoms with van der Waals surface area (Å²) < 4.78 is 0. The normalized spacial score (nSPS) is 12.2. The summed E-state index contributed by atoms with van der Waals surface area (Å²) in [6, 6.07) is 5.17. The van der Waals surface area contributed by atoms with Crippen molar-refractivity contribution >= 4 is 17.3 Å². The van der Waals surface area contributed by atoms with Gasteiger partial charge in [-0.2, -0.15) is 0 Å². The first kappa shape index (κ1) is 12.4. The predicted octanol–water partition coefficient (Wildman–Crippen LogP) is 1.72. The van der Waals surface area contributed by atoms with Gasteiger partial charge >= 0.3 is 0 Å². The van der Waals surface area contributed by atoms with E-state index in [0.717, 1.165) is 6.42 Å². The number of carbonyl (C=O) groups excluding carboxylic acids is 1. The minimum atomic E-state index is -0.0631. The molecule has 0 saturated heterocycles. The zero-order valence-electron chi connectivity index (χ0n) is 10.0. The van der Waals surface area contributed by atoms with Crippen molar-refractivity contribution in [3.63, 3.8) is 0 Å². The minimum absolute atomic E-state index is 0.0631. The van der Waals surface area contributed by atoms with Gasteiger partial charge in [0.1, 0.15) is 0 Å². The van der Waals surface area contributed by atoms with Crippen molar-refractivity contribution in [3.8, 4) is 0 Å². The smallest absolute Gasteiger partial charge is 0.255 e. The molecule has 0 aliphatic rings. The number of amides is 1. The lowest BCUT2D eigenvalue weighted by Crippen LogP contribution is -2.35. The van der Waals surface area contributed by atoms with Crippen LogP contribution in [-0.2, 0) is 0 Å². The van der Waals surface area contributed by atoms with Crippen molar-refractivity contribution in [1.82, 2.24) is 4.90 Å². The third-order valence-electron chi connectivity index (χ3n) is 2.88. The SMILES string of the molecule is CCC(C)N(C)C(=O)c1ccc(N)cc1N. The van der Waals surface area contributed by atoms with Crippen LogP contribution in [0.15, 0.2) is 18.2 Å². The highest BCUT2D eigenvalue weighted by Crippen LogP contribution is 2.18. The van der Waals surface area contributed by atoms with Crippen molar-refractivity contribution in [2.75, 3.05) is 18.5 Å². The largest absolute Gasteiger partial charge is 0.399 e. The second-order valence-corrected chi connectivity index (χ2v) is 4.02. The van der Waals surface area contributed by atoms with E-state index in [1.54, 1.807) is 30.1 Å². The average Bonchev–Trinajstić information content (AvgIpc) is 2.26. The summed E-state index contributed by atoms with van der Waals surface area (Å²) in [6.45, 7) is 4.05. The van der Waals surface area contributed by atoms with Gasteiger partial charge in [0, 0.05) is 24.5 Å². The van der Waals surface area contributed by atoms with E-state index in [-0.39, 0.29) is 11.9 Å². The Hall–Kier alpha value is -1.71. The van der Waals surface area contributed by atoms with E-state index < -0.39 is 0 Å². The summed E-state index contributed by atoms with van der Waals surface area (Å²) in [6.07, 6.45) is 0.914. The molecular formula is C12H19N3O. The Kier molecular flexibility index (Phi) is 3.77. The molecule has 1 atom stereocenters. The summed E-state index contributed by atoms with van der Waals surface area (Å²) in [5.41, 5.74) is 12.9. The summed E-state index contributed by atoms with van der Waals surface area (Å²) in [4.78, 5) is 13.8. The molecule has 1 amide bonds. The number of nitrogens with two attached hydrogens (primary N) is 2. The van der Waals surface area contributed by atoms with E-state index in [0.29, 0.717) is 16.9 Å². The van der Waals surface area contributed by atoms with Gasteiger partial charge in [0.25, 0.3) is 5.91 Å². The maximum absolute atomic E-state index is 12.1. The maximum Gasteiger partial charge on any atom is 0.255 e. The van der Waals surface area contributed by atoms with E-state index in [1.165, 1.54) is 0 Å². The van der Waals surface area contributed by atoms with Crippen LogP contribution in [0.1, 0.15) is 30.6 Å². The van der Waals surface area contributed by atoms with Crippen molar-refractivity contribution in [3.05, 3.63) is 23.8 Å². The molecule has 0 aliphatic heterocycles. The van der Waals surface area contributed by atoms with Gasteiger partial charge < -0.3 is 16.4 Å². The van der Waals surface area contributed by atoms with Crippen LogP contribution in [0.3, 0.4) is 0 Å². The van der Waals surface area contributed by atoms with E-state index >= 15 is 0 Å². The van der Waals surface area contributed by atoms with E-state index in [1.807, 2.05) is 13.8 Å². The van der Waals surface area contributed by atoms with E-state index in [4.69, 9.17) is 11.5 Å². The summed E-state index contributed by atoms with van der Waals surface area (Å²) in [7, 11) is 1.78. The van der Waals surface area contributed by atoms with Crippen LogP contribution in [0, 0.1) is 0 Å². The second kappa shape index (κ2) is 4.88. The van der Waals surface area contributed by atoms with Crippen LogP contribution in [0.2, 0.25) is 0 Å². The number of rotatable bonds is 3. The highest BCUT2D eigenvalue weighted by Gasteiger charge is 2.18. The van der Waals surface area contributed by atoms with Gasteiger partial charge in [-0.3, -0.25) is 4.79 Å². The molecule has 0 fully saturated rings. The monoisotopic (exact) mass is 221 g/mol. The number of hydrogen-bond acceptors (Lipinski definition) is 3. The van der Waals surface area contributed by atoms with Gasteiger partial charge in [-0.25, -0.2) is 0 Å². The molecule has 88 valence electrons. The minimum Gasteiger partial charge on any atom is -0.399 e. The molecule has 0 bridgehead atoms. The first-order chi connectivity index (χ1) is 7.47. The van der Waals surface area contributed by atoms with Crippen LogP contribution in [0.4, 0.5) is 11.4 Å². The van der Waals surface area contributed by atoms with Crippen molar-refractivity contribution < 1.29 is 4.79 Å². The van der Waals surface area contributed by atoms with Crippen LogP contribution < -0.4 is 11.5 Å². The Morgan fingerprint density at radius 1 is 1.44 bits per heavy atom. The van der Waals surface area contributed by atoms with Crippen LogP contribution in [0.25, 0.3) is 0 Å². The number of nitrogen functional groups attached to an aromatic ring is 2. The molecule has 4 heteroatoms. The topological polar surface area (TPSA) is 72.3 Å². The van der Waals surface area contributed by atoms with Gasteiger partial charge in [-0.1, -0.05) is 6.92 Å². The Morgan fingerprint density at radius 2 is 2.06 bits per heavy atom. The molecule has 4 N–H and O–H groups in total. The first-order valence-corrected chi connectivity index (χ1v) is 5.39. The Bertz CT molecular complexity index is 390. The Labute approximate surface area is 96.2 Å². The number of benzene rings is 1. The summed E-state index contributed by atoms with van der Waals surface area (Å²) in [5, 5.41) is 0. The third kappa shape index (κ3) is 2.45. The van der Waals surface area contributed by atoms with Gasteiger partial charge in [0.05, 0.1) is 5.56 Å². The molecule has 0 heterocycles. The highest BCUT2D eigenvalue weighted by molar-refractivity contribution is 5.99.